The summed E-state index contributed by atoms with van der Waals surface area (Å²) in [5.74, 6) is -1.82. The lowest BCUT2D eigenvalue weighted by Crippen LogP contribution is -2.37. The number of halogens is 2. The number of ether oxygens (including phenoxy) is 2. The smallest absolute Gasteiger partial charge is 0.191 e. The molecule has 0 amide bonds. The molecular formula is C15H21F2NO2. The van der Waals surface area contributed by atoms with E-state index in [4.69, 9.17) is 15.2 Å². The SMILES string of the molecule is CC1(C)CC(Oc2c(F)cc(CN)cc2F)C(C)(C)O1. The third-order valence-corrected chi connectivity index (χ3v) is 3.55. The summed E-state index contributed by atoms with van der Waals surface area (Å²) in [6, 6.07) is 2.40. The molecule has 1 unspecified atom stereocenters. The highest BCUT2D eigenvalue weighted by Gasteiger charge is 2.48. The Morgan fingerprint density at radius 2 is 1.80 bits per heavy atom. The molecule has 0 aliphatic carbocycles. The molecule has 1 aliphatic heterocycles. The second-order valence-electron chi connectivity index (χ2n) is 6.37. The maximum atomic E-state index is 13.9. The first-order valence-corrected chi connectivity index (χ1v) is 6.69. The molecule has 20 heavy (non-hydrogen) atoms. The van der Waals surface area contributed by atoms with E-state index in [9.17, 15) is 8.78 Å². The Kier molecular flexibility index (Phi) is 3.77. The highest BCUT2D eigenvalue weighted by atomic mass is 19.1. The Morgan fingerprint density at radius 3 is 2.20 bits per heavy atom. The largest absolute Gasteiger partial charge is 0.481 e. The van der Waals surface area contributed by atoms with Crippen LogP contribution < -0.4 is 10.5 Å². The van der Waals surface area contributed by atoms with Crippen LogP contribution in [-0.2, 0) is 11.3 Å². The van der Waals surface area contributed by atoms with Crippen molar-refractivity contribution in [3.8, 4) is 5.75 Å². The van der Waals surface area contributed by atoms with Crippen LogP contribution in [0, 0.1) is 11.6 Å². The first-order valence-electron chi connectivity index (χ1n) is 6.69. The van der Waals surface area contributed by atoms with Crippen LogP contribution in [0.15, 0.2) is 12.1 Å². The van der Waals surface area contributed by atoms with Crippen molar-refractivity contribution < 1.29 is 18.3 Å². The summed E-state index contributed by atoms with van der Waals surface area (Å²) in [6.45, 7) is 7.66. The standard InChI is InChI=1S/C15H21F2NO2/c1-14(2)7-12(15(3,4)20-14)19-13-10(16)5-9(8-18)6-11(13)17/h5-6,12H,7-8,18H2,1-4H3. The number of hydrogen-bond donors (Lipinski definition) is 1. The molecule has 1 aliphatic rings. The molecule has 0 spiro atoms. The summed E-state index contributed by atoms with van der Waals surface area (Å²) < 4.78 is 39.3. The van der Waals surface area contributed by atoms with Gasteiger partial charge >= 0.3 is 0 Å². The van der Waals surface area contributed by atoms with Gasteiger partial charge in [-0.15, -0.1) is 0 Å². The molecule has 0 saturated carbocycles. The summed E-state index contributed by atoms with van der Waals surface area (Å²) >= 11 is 0. The maximum Gasteiger partial charge on any atom is 0.191 e. The fourth-order valence-corrected chi connectivity index (χ4v) is 2.68. The zero-order chi connectivity index (χ0) is 15.1. The molecule has 1 aromatic carbocycles. The van der Waals surface area contributed by atoms with Crippen molar-refractivity contribution in [1.29, 1.82) is 0 Å². The monoisotopic (exact) mass is 285 g/mol. The van der Waals surface area contributed by atoms with Crippen LogP contribution in [0.1, 0.15) is 39.7 Å². The molecule has 1 fully saturated rings. The van der Waals surface area contributed by atoms with E-state index in [1.807, 2.05) is 27.7 Å². The number of nitrogens with two attached hydrogens (primary N) is 1. The van der Waals surface area contributed by atoms with E-state index in [1.54, 1.807) is 0 Å². The van der Waals surface area contributed by atoms with Crippen LogP contribution >= 0.6 is 0 Å². The summed E-state index contributed by atoms with van der Waals surface area (Å²) in [7, 11) is 0. The Hall–Kier alpha value is -1.20. The van der Waals surface area contributed by atoms with E-state index < -0.39 is 23.3 Å². The van der Waals surface area contributed by atoms with Crippen LogP contribution in [0.25, 0.3) is 0 Å². The normalized spacial score (nSPS) is 23.9. The summed E-state index contributed by atoms with van der Waals surface area (Å²) in [5.41, 5.74) is 4.80. The first kappa shape index (κ1) is 15.2. The van der Waals surface area contributed by atoms with Gasteiger partial charge in [0, 0.05) is 13.0 Å². The van der Waals surface area contributed by atoms with Crippen molar-refractivity contribution in [2.24, 2.45) is 5.73 Å². The molecule has 0 aromatic heterocycles. The quantitative estimate of drug-likeness (QED) is 0.928. The minimum absolute atomic E-state index is 0.0825. The Bertz CT molecular complexity index is 492. The van der Waals surface area contributed by atoms with Crippen LogP contribution in [0.2, 0.25) is 0 Å². The summed E-state index contributed by atoms with van der Waals surface area (Å²) in [4.78, 5) is 0. The molecule has 2 N–H and O–H groups in total. The average molecular weight is 285 g/mol. The zero-order valence-corrected chi connectivity index (χ0v) is 12.3. The second-order valence-corrected chi connectivity index (χ2v) is 6.37. The Morgan fingerprint density at radius 1 is 1.25 bits per heavy atom. The van der Waals surface area contributed by atoms with Crippen molar-refractivity contribution in [2.45, 2.75) is 58.0 Å². The van der Waals surface area contributed by atoms with Crippen LogP contribution in [-0.4, -0.2) is 17.3 Å². The fraction of sp³-hybridized carbons (Fsp3) is 0.600. The molecular weight excluding hydrogens is 264 g/mol. The van der Waals surface area contributed by atoms with E-state index in [1.165, 1.54) is 12.1 Å². The van der Waals surface area contributed by atoms with Gasteiger partial charge < -0.3 is 15.2 Å². The molecule has 2 rings (SSSR count). The Balaban J connectivity index is 2.27. The molecule has 1 heterocycles. The van der Waals surface area contributed by atoms with Crippen molar-refractivity contribution in [1.82, 2.24) is 0 Å². The van der Waals surface area contributed by atoms with Gasteiger partial charge in [-0.3, -0.25) is 0 Å². The van der Waals surface area contributed by atoms with Gasteiger partial charge in [0.15, 0.2) is 17.4 Å². The van der Waals surface area contributed by atoms with E-state index >= 15 is 0 Å². The lowest BCUT2D eigenvalue weighted by Gasteiger charge is -2.27. The van der Waals surface area contributed by atoms with Gasteiger partial charge in [-0.1, -0.05) is 0 Å². The first-order chi connectivity index (χ1) is 9.14. The van der Waals surface area contributed by atoms with E-state index in [2.05, 4.69) is 0 Å². The lowest BCUT2D eigenvalue weighted by molar-refractivity contribution is -0.0852. The lowest BCUT2D eigenvalue weighted by atomic mass is 9.97. The Labute approximate surface area is 118 Å². The van der Waals surface area contributed by atoms with Crippen molar-refractivity contribution in [3.05, 3.63) is 29.3 Å². The topological polar surface area (TPSA) is 44.5 Å². The fourth-order valence-electron chi connectivity index (χ4n) is 2.68. The predicted molar refractivity (Wildman–Crippen MR) is 72.5 cm³/mol. The maximum absolute atomic E-state index is 13.9. The van der Waals surface area contributed by atoms with Gasteiger partial charge in [-0.2, -0.15) is 0 Å². The molecule has 5 heteroatoms. The van der Waals surface area contributed by atoms with E-state index in [0.29, 0.717) is 12.0 Å². The van der Waals surface area contributed by atoms with Crippen molar-refractivity contribution in [2.75, 3.05) is 0 Å². The van der Waals surface area contributed by atoms with Crippen LogP contribution in [0.4, 0.5) is 8.78 Å². The van der Waals surface area contributed by atoms with Gasteiger partial charge in [0.05, 0.1) is 5.60 Å². The number of rotatable bonds is 3. The van der Waals surface area contributed by atoms with Crippen LogP contribution in [0.3, 0.4) is 0 Å². The average Bonchev–Trinajstić information content (AvgIpc) is 2.51. The van der Waals surface area contributed by atoms with Gasteiger partial charge in [-0.05, 0) is 45.4 Å². The van der Waals surface area contributed by atoms with E-state index in [-0.39, 0.29) is 17.9 Å². The summed E-state index contributed by atoms with van der Waals surface area (Å²) in [5, 5.41) is 0. The second kappa shape index (κ2) is 4.97. The van der Waals surface area contributed by atoms with Gasteiger partial charge in [-0.25, -0.2) is 8.78 Å². The zero-order valence-electron chi connectivity index (χ0n) is 12.3. The third kappa shape index (κ3) is 2.94. The highest BCUT2D eigenvalue weighted by molar-refractivity contribution is 5.31. The molecule has 1 saturated heterocycles. The summed E-state index contributed by atoms with van der Waals surface area (Å²) in [6.07, 6.45) is 0.155. The van der Waals surface area contributed by atoms with Gasteiger partial charge in [0.1, 0.15) is 11.7 Å². The van der Waals surface area contributed by atoms with Gasteiger partial charge in [0.25, 0.3) is 0 Å². The number of benzene rings is 1. The highest BCUT2D eigenvalue weighted by Crippen LogP contribution is 2.40. The minimum Gasteiger partial charge on any atom is -0.481 e. The molecule has 3 nitrogen and oxygen atoms in total. The van der Waals surface area contributed by atoms with Crippen molar-refractivity contribution >= 4 is 0 Å². The predicted octanol–water partition coefficient (Wildman–Crippen LogP) is 3.15. The minimum atomic E-state index is -0.731. The molecule has 1 aromatic rings. The number of hydrogen-bond acceptors (Lipinski definition) is 3. The van der Waals surface area contributed by atoms with Crippen molar-refractivity contribution in [3.63, 3.8) is 0 Å². The third-order valence-electron chi connectivity index (χ3n) is 3.55. The molecule has 112 valence electrons. The van der Waals surface area contributed by atoms with Gasteiger partial charge in [0.2, 0.25) is 0 Å². The molecule has 0 bridgehead atoms. The molecule has 1 atom stereocenters. The van der Waals surface area contributed by atoms with E-state index in [0.717, 1.165) is 0 Å². The molecule has 0 radical (unpaired) electrons. The van der Waals surface area contributed by atoms with Crippen LogP contribution in [0.5, 0.6) is 5.75 Å².